The number of aryl methyl sites for hydroxylation is 1. The van der Waals surface area contributed by atoms with Crippen molar-refractivity contribution < 1.29 is 4.79 Å². The lowest BCUT2D eigenvalue weighted by Crippen LogP contribution is -2.23. The van der Waals surface area contributed by atoms with Crippen molar-refractivity contribution in [3.8, 4) is 0 Å². The van der Waals surface area contributed by atoms with E-state index in [1.807, 2.05) is 0 Å². The molecule has 0 aliphatic rings. The molecule has 2 rings (SSSR count). The van der Waals surface area contributed by atoms with Crippen LogP contribution in [-0.4, -0.2) is 12.8 Å². The minimum atomic E-state index is -0.170. The summed E-state index contributed by atoms with van der Waals surface area (Å²) in [7, 11) is 0. The van der Waals surface area contributed by atoms with E-state index in [9.17, 15) is 4.79 Å². The van der Waals surface area contributed by atoms with E-state index in [-0.39, 0.29) is 5.41 Å². The van der Waals surface area contributed by atoms with Crippen molar-refractivity contribution in [2.24, 2.45) is 5.41 Å². The molecule has 0 aromatic heterocycles. The predicted octanol–water partition coefficient (Wildman–Crippen LogP) is 7.99. The topological polar surface area (TPSA) is 29.1 Å². The summed E-state index contributed by atoms with van der Waals surface area (Å²) >= 11 is 0. The van der Waals surface area contributed by atoms with Crippen LogP contribution in [0.2, 0.25) is 0 Å². The van der Waals surface area contributed by atoms with Gasteiger partial charge >= 0.3 is 0 Å². The van der Waals surface area contributed by atoms with Crippen molar-refractivity contribution >= 4 is 12.0 Å². The standard InChI is InChI=1S/C29H43NO/c1-4-7-9-13-21-30-28-17-16-26(18-20-29(6-3,24-31)19-8-5-2)27(23-28)22-25-14-11-10-12-15-25/h10-12,14-17,23-24,30H,4-9,13,18-22H2,1-3H3. The van der Waals surface area contributed by atoms with Crippen LogP contribution in [0.25, 0.3) is 0 Å². The molecule has 0 aliphatic heterocycles. The third-order valence-electron chi connectivity index (χ3n) is 6.68. The predicted molar refractivity (Wildman–Crippen MR) is 135 cm³/mol. The molecule has 0 bridgehead atoms. The Kier molecular flexibility index (Phi) is 11.4. The number of aldehydes is 1. The molecule has 0 saturated heterocycles. The Morgan fingerprint density at radius 3 is 2.29 bits per heavy atom. The van der Waals surface area contributed by atoms with Gasteiger partial charge in [-0.1, -0.05) is 89.3 Å². The molecule has 1 N–H and O–H groups in total. The van der Waals surface area contributed by atoms with Gasteiger partial charge in [0.25, 0.3) is 0 Å². The number of hydrogen-bond donors (Lipinski definition) is 1. The minimum Gasteiger partial charge on any atom is -0.385 e. The monoisotopic (exact) mass is 421 g/mol. The van der Waals surface area contributed by atoms with Gasteiger partial charge in [-0.3, -0.25) is 0 Å². The lowest BCUT2D eigenvalue weighted by Gasteiger charge is -2.27. The van der Waals surface area contributed by atoms with E-state index in [1.165, 1.54) is 54.3 Å². The third kappa shape index (κ3) is 8.51. The quantitative estimate of drug-likeness (QED) is 0.220. The summed E-state index contributed by atoms with van der Waals surface area (Å²) in [5.74, 6) is 0. The van der Waals surface area contributed by atoms with Gasteiger partial charge in [-0.2, -0.15) is 0 Å². The summed E-state index contributed by atoms with van der Waals surface area (Å²) < 4.78 is 0. The Hall–Kier alpha value is -2.09. The van der Waals surface area contributed by atoms with Crippen molar-refractivity contribution in [3.63, 3.8) is 0 Å². The summed E-state index contributed by atoms with van der Waals surface area (Å²) in [6, 6.07) is 17.6. The highest BCUT2D eigenvalue weighted by molar-refractivity contribution is 5.59. The van der Waals surface area contributed by atoms with Gasteiger partial charge in [0.1, 0.15) is 6.29 Å². The molecule has 170 valence electrons. The Labute approximate surface area is 190 Å². The number of nitrogens with one attached hydrogen (secondary N) is 1. The third-order valence-corrected chi connectivity index (χ3v) is 6.68. The molecule has 0 aliphatic carbocycles. The molecule has 0 spiro atoms. The van der Waals surface area contributed by atoms with Crippen LogP contribution in [0.1, 0.15) is 95.2 Å². The summed E-state index contributed by atoms with van der Waals surface area (Å²) in [5.41, 5.74) is 5.16. The average molecular weight is 422 g/mol. The van der Waals surface area contributed by atoms with E-state index in [0.29, 0.717) is 0 Å². The zero-order valence-electron chi connectivity index (χ0n) is 20.1. The fourth-order valence-electron chi connectivity index (χ4n) is 4.34. The van der Waals surface area contributed by atoms with Crippen molar-refractivity contribution in [3.05, 3.63) is 65.2 Å². The maximum atomic E-state index is 12.0. The number of rotatable bonds is 16. The molecule has 0 amide bonds. The number of unbranched alkanes of at least 4 members (excludes halogenated alkanes) is 4. The first kappa shape index (κ1) is 25.2. The Morgan fingerprint density at radius 1 is 0.839 bits per heavy atom. The molecular formula is C29H43NO. The van der Waals surface area contributed by atoms with Crippen LogP contribution >= 0.6 is 0 Å². The fraction of sp³-hybridized carbons (Fsp3) is 0.552. The van der Waals surface area contributed by atoms with E-state index >= 15 is 0 Å². The van der Waals surface area contributed by atoms with Crippen LogP contribution in [-0.2, 0) is 17.6 Å². The molecular weight excluding hydrogens is 378 g/mol. The van der Waals surface area contributed by atoms with Crippen LogP contribution in [0.4, 0.5) is 5.69 Å². The van der Waals surface area contributed by atoms with Crippen LogP contribution < -0.4 is 5.32 Å². The van der Waals surface area contributed by atoms with Gasteiger partial charge in [0.05, 0.1) is 0 Å². The van der Waals surface area contributed by atoms with Crippen molar-refractivity contribution in [2.75, 3.05) is 11.9 Å². The van der Waals surface area contributed by atoms with Gasteiger partial charge in [0.15, 0.2) is 0 Å². The maximum Gasteiger partial charge on any atom is 0.126 e. The number of carbonyl (C=O) groups excluding carboxylic acids is 1. The summed E-state index contributed by atoms with van der Waals surface area (Å²) in [5, 5.41) is 3.62. The van der Waals surface area contributed by atoms with E-state index in [1.54, 1.807) is 0 Å². The Bertz CT molecular complexity index is 755. The van der Waals surface area contributed by atoms with Crippen LogP contribution in [0, 0.1) is 5.41 Å². The SMILES string of the molecule is CCCCCCNc1ccc(CCC(C=O)(CC)CCCC)c(Cc2ccccc2)c1. The van der Waals surface area contributed by atoms with Gasteiger partial charge in [0.2, 0.25) is 0 Å². The second kappa shape index (κ2) is 14.1. The van der Waals surface area contributed by atoms with Crippen molar-refractivity contribution in [1.82, 2.24) is 0 Å². The molecule has 2 aromatic carbocycles. The van der Waals surface area contributed by atoms with Crippen LogP contribution in [0.5, 0.6) is 0 Å². The number of carbonyl (C=O) groups is 1. The summed E-state index contributed by atoms with van der Waals surface area (Å²) in [4.78, 5) is 12.0. The Balaban J connectivity index is 2.14. The molecule has 0 saturated carbocycles. The van der Waals surface area contributed by atoms with Gasteiger partial charge < -0.3 is 10.1 Å². The maximum absolute atomic E-state index is 12.0. The van der Waals surface area contributed by atoms with Crippen LogP contribution in [0.15, 0.2) is 48.5 Å². The first-order valence-corrected chi connectivity index (χ1v) is 12.5. The van der Waals surface area contributed by atoms with Crippen LogP contribution in [0.3, 0.4) is 0 Å². The Morgan fingerprint density at radius 2 is 1.61 bits per heavy atom. The molecule has 2 aromatic rings. The first-order valence-electron chi connectivity index (χ1n) is 12.5. The smallest absolute Gasteiger partial charge is 0.126 e. The highest BCUT2D eigenvalue weighted by Crippen LogP contribution is 2.33. The van der Waals surface area contributed by atoms with E-state index in [2.05, 4.69) is 74.6 Å². The van der Waals surface area contributed by atoms with E-state index in [0.717, 1.165) is 51.5 Å². The zero-order chi connectivity index (χ0) is 22.4. The van der Waals surface area contributed by atoms with E-state index in [4.69, 9.17) is 0 Å². The summed E-state index contributed by atoms with van der Waals surface area (Å²) in [6.07, 6.45) is 13.4. The molecule has 2 heteroatoms. The van der Waals surface area contributed by atoms with E-state index < -0.39 is 0 Å². The average Bonchev–Trinajstić information content (AvgIpc) is 2.81. The molecule has 0 fully saturated rings. The van der Waals surface area contributed by atoms with Gasteiger partial charge in [-0.15, -0.1) is 0 Å². The second-order valence-electron chi connectivity index (χ2n) is 9.07. The highest BCUT2D eigenvalue weighted by atomic mass is 16.1. The van der Waals surface area contributed by atoms with Gasteiger partial charge in [-0.05, 0) is 67.3 Å². The van der Waals surface area contributed by atoms with Gasteiger partial charge in [0, 0.05) is 17.6 Å². The lowest BCUT2D eigenvalue weighted by molar-refractivity contribution is -0.117. The number of hydrogen-bond acceptors (Lipinski definition) is 2. The number of anilines is 1. The molecule has 0 heterocycles. The molecule has 2 nitrogen and oxygen atoms in total. The minimum absolute atomic E-state index is 0.170. The second-order valence-corrected chi connectivity index (χ2v) is 9.07. The molecule has 31 heavy (non-hydrogen) atoms. The van der Waals surface area contributed by atoms with Gasteiger partial charge in [-0.25, -0.2) is 0 Å². The van der Waals surface area contributed by atoms with Crippen molar-refractivity contribution in [2.45, 2.75) is 91.4 Å². The highest BCUT2D eigenvalue weighted by Gasteiger charge is 2.27. The normalized spacial score (nSPS) is 13.0. The first-order chi connectivity index (χ1) is 15.2. The largest absolute Gasteiger partial charge is 0.385 e. The molecule has 0 radical (unpaired) electrons. The zero-order valence-corrected chi connectivity index (χ0v) is 20.1. The fourth-order valence-corrected chi connectivity index (χ4v) is 4.34. The molecule has 1 atom stereocenters. The lowest BCUT2D eigenvalue weighted by atomic mass is 9.76. The molecule has 1 unspecified atom stereocenters. The number of benzene rings is 2. The van der Waals surface area contributed by atoms with Crippen molar-refractivity contribution in [1.29, 1.82) is 0 Å². The summed E-state index contributed by atoms with van der Waals surface area (Å²) in [6.45, 7) is 7.66.